The molecular formula is C14H19FN2O. The van der Waals surface area contributed by atoms with Gasteiger partial charge in [-0.3, -0.25) is 4.79 Å². The fraction of sp³-hybridized carbons (Fsp3) is 0.500. The minimum atomic E-state index is -0.500. The molecule has 0 aliphatic carbocycles. The Morgan fingerprint density at radius 1 is 1.44 bits per heavy atom. The fourth-order valence-corrected chi connectivity index (χ4v) is 2.48. The molecule has 0 spiro atoms. The van der Waals surface area contributed by atoms with Crippen LogP contribution < -0.4 is 5.73 Å². The highest BCUT2D eigenvalue weighted by atomic mass is 19.1. The summed E-state index contributed by atoms with van der Waals surface area (Å²) >= 11 is 0. The smallest absolute Gasteiger partial charge is 0.257 e. The number of amides is 1. The highest BCUT2D eigenvalue weighted by molar-refractivity contribution is 5.95. The number of likely N-dealkylation sites (tertiary alicyclic amines) is 1. The van der Waals surface area contributed by atoms with Crippen molar-refractivity contribution >= 4 is 11.6 Å². The van der Waals surface area contributed by atoms with Crippen LogP contribution >= 0.6 is 0 Å². The predicted octanol–water partition coefficient (Wildman–Crippen LogP) is 2.67. The van der Waals surface area contributed by atoms with Gasteiger partial charge < -0.3 is 10.6 Å². The van der Waals surface area contributed by atoms with E-state index in [1.165, 1.54) is 18.2 Å². The SMILES string of the molecule is CC1CCCN(C(=O)c2cc(N)ccc2F)C1C. The summed E-state index contributed by atoms with van der Waals surface area (Å²) in [6.07, 6.45) is 2.09. The second kappa shape index (κ2) is 4.96. The van der Waals surface area contributed by atoms with Crippen molar-refractivity contribution in [3.05, 3.63) is 29.6 Å². The van der Waals surface area contributed by atoms with E-state index in [1.807, 2.05) is 6.92 Å². The van der Waals surface area contributed by atoms with Crippen LogP contribution in [0.15, 0.2) is 18.2 Å². The predicted molar refractivity (Wildman–Crippen MR) is 69.7 cm³/mol. The van der Waals surface area contributed by atoms with Crippen LogP contribution in [0.1, 0.15) is 37.0 Å². The highest BCUT2D eigenvalue weighted by Gasteiger charge is 2.30. The number of benzene rings is 1. The Kier molecular flexibility index (Phi) is 3.55. The maximum Gasteiger partial charge on any atom is 0.257 e. The zero-order chi connectivity index (χ0) is 13.3. The first kappa shape index (κ1) is 12.9. The molecule has 4 heteroatoms. The van der Waals surface area contributed by atoms with Gasteiger partial charge >= 0.3 is 0 Å². The summed E-state index contributed by atoms with van der Waals surface area (Å²) in [5, 5.41) is 0. The van der Waals surface area contributed by atoms with Crippen molar-refractivity contribution in [1.82, 2.24) is 4.90 Å². The first-order valence-corrected chi connectivity index (χ1v) is 6.36. The standard InChI is InChI=1S/C14H19FN2O/c1-9-4-3-7-17(10(9)2)14(18)12-8-11(16)5-6-13(12)15/h5-6,8-10H,3-4,7,16H2,1-2H3. The normalized spacial score (nSPS) is 24.1. The number of nitrogens with zero attached hydrogens (tertiary/aromatic N) is 1. The number of nitrogens with two attached hydrogens (primary N) is 1. The van der Waals surface area contributed by atoms with Gasteiger partial charge in [0, 0.05) is 18.3 Å². The number of anilines is 1. The minimum Gasteiger partial charge on any atom is -0.399 e. The second-order valence-corrected chi connectivity index (χ2v) is 5.10. The average molecular weight is 250 g/mol. The number of hydrogen-bond acceptors (Lipinski definition) is 2. The Bertz CT molecular complexity index is 461. The lowest BCUT2D eigenvalue weighted by molar-refractivity contribution is 0.0546. The number of rotatable bonds is 1. The topological polar surface area (TPSA) is 46.3 Å². The fourth-order valence-electron chi connectivity index (χ4n) is 2.48. The quantitative estimate of drug-likeness (QED) is 0.779. The molecular weight excluding hydrogens is 231 g/mol. The number of hydrogen-bond donors (Lipinski definition) is 1. The Morgan fingerprint density at radius 2 is 2.17 bits per heavy atom. The van der Waals surface area contributed by atoms with Crippen LogP contribution in [0.25, 0.3) is 0 Å². The van der Waals surface area contributed by atoms with Crippen molar-refractivity contribution in [3.63, 3.8) is 0 Å². The molecule has 1 fully saturated rings. The monoisotopic (exact) mass is 250 g/mol. The Labute approximate surface area is 107 Å². The van der Waals surface area contributed by atoms with Gasteiger partial charge in [-0.1, -0.05) is 6.92 Å². The first-order valence-electron chi connectivity index (χ1n) is 6.36. The largest absolute Gasteiger partial charge is 0.399 e. The molecule has 98 valence electrons. The maximum atomic E-state index is 13.7. The molecule has 1 amide bonds. The van der Waals surface area contributed by atoms with Crippen molar-refractivity contribution < 1.29 is 9.18 Å². The van der Waals surface area contributed by atoms with E-state index in [-0.39, 0.29) is 17.5 Å². The summed E-state index contributed by atoms with van der Waals surface area (Å²) in [6, 6.07) is 4.28. The summed E-state index contributed by atoms with van der Waals surface area (Å²) in [6.45, 7) is 4.84. The number of halogens is 1. The molecule has 1 saturated heterocycles. The lowest BCUT2D eigenvalue weighted by Gasteiger charge is -2.38. The van der Waals surface area contributed by atoms with Crippen LogP contribution in [-0.2, 0) is 0 Å². The van der Waals surface area contributed by atoms with E-state index in [4.69, 9.17) is 5.73 Å². The Hall–Kier alpha value is -1.58. The van der Waals surface area contributed by atoms with E-state index in [2.05, 4.69) is 6.92 Å². The molecule has 0 aromatic heterocycles. The molecule has 2 unspecified atom stereocenters. The lowest BCUT2D eigenvalue weighted by Crippen LogP contribution is -2.46. The third kappa shape index (κ3) is 2.33. The molecule has 0 radical (unpaired) electrons. The molecule has 18 heavy (non-hydrogen) atoms. The van der Waals surface area contributed by atoms with E-state index in [9.17, 15) is 9.18 Å². The molecule has 1 aromatic carbocycles. The molecule has 1 aliphatic heterocycles. The molecule has 2 atom stereocenters. The molecule has 1 aromatic rings. The summed E-state index contributed by atoms with van der Waals surface area (Å²) in [7, 11) is 0. The number of carbonyl (C=O) groups excluding carboxylic acids is 1. The molecule has 2 N–H and O–H groups in total. The van der Waals surface area contributed by atoms with Crippen molar-refractivity contribution in [1.29, 1.82) is 0 Å². The van der Waals surface area contributed by atoms with Crippen molar-refractivity contribution in [2.75, 3.05) is 12.3 Å². The Balaban J connectivity index is 2.27. The van der Waals surface area contributed by atoms with Gasteiger partial charge in [0.05, 0.1) is 5.56 Å². The number of carbonyl (C=O) groups is 1. The first-order chi connectivity index (χ1) is 8.50. The van der Waals surface area contributed by atoms with E-state index in [0.717, 1.165) is 12.8 Å². The van der Waals surface area contributed by atoms with Crippen LogP contribution in [0.2, 0.25) is 0 Å². The van der Waals surface area contributed by atoms with Gasteiger partial charge in [-0.25, -0.2) is 4.39 Å². The van der Waals surface area contributed by atoms with Gasteiger partial charge in [-0.2, -0.15) is 0 Å². The van der Waals surface area contributed by atoms with Crippen molar-refractivity contribution in [3.8, 4) is 0 Å². The van der Waals surface area contributed by atoms with Crippen LogP contribution in [0.5, 0.6) is 0 Å². The van der Waals surface area contributed by atoms with Gasteiger partial charge in [0.2, 0.25) is 0 Å². The molecule has 0 saturated carbocycles. The maximum absolute atomic E-state index is 13.7. The minimum absolute atomic E-state index is 0.0796. The third-order valence-corrected chi connectivity index (χ3v) is 3.86. The summed E-state index contributed by atoms with van der Waals surface area (Å²) in [5.74, 6) is -0.301. The van der Waals surface area contributed by atoms with Crippen LogP contribution in [0, 0.1) is 11.7 Å². The van der Waals surface area contributed by atoms with Crippen molar-refractivity contribution in [2.45, 2.75) is 32.7 Å². The molecule has 0 bridgehead atoms. The van der Waals surface area contributed by atoms with Gasteiger partial charge in [0.25, 0.3) is 5.91 Å². The van der Waals surface area contributed by atoms with Gasteiger partial charge in [0.15, 0.2) is 0 Å². The van der Waals surface area contributed by atoms with Gasteiger partial charge in [0.1, 0.15) is 5.82 Å². The highest BCUT2D eigenvalue weighted by Crippen LogP contribution is 2.25. The summed E-state index contributed by atoms with van der Waals surface area (Å²) < 4.78 is 13.7. The lowest BCUT2D eigenvalue weighted by atomic mass is 9.91. The molecule has 2 rings (SSSR count). The van der Waals surface area contributed by atoms with E-state index < -0.39 is 5.82 Å². The van der Waals surface area contributed by atoms with E-state index >= 15 is 0 Å². The van der Waals surface area contributed by atoms with E-state index in [1.54, 1.807) is 4.90 Å². The Morgan fingerprint density at radius 3 is 2.89 bits per heavy atom. The number of piperidine rings is 1. The average Bonchev–Trinajstić information content (AvgIpc) is 2.35. The third-order valence-electron chi connectivity index (χ3n) is 3.86. The van der Waals surface area contributed by atoms with Gasteiger partial charge in [-0.15, -0.1) is 0 Å². The van der Waals surface area contributed by atoms with E-state index in [0.29, 0.717) is 18.2 Å². The van der Waals surface area contributed by atoms with Crippen LogP contribution in [0.3, 0.4) is 0 Å². The number of nitrogen functional groups attached to an aromatic ring is 1. The second-order valence-electron chi connectivity index (χ2n) is 5.10. The zero-order valence-corrected chi connectivity index (χ0v) is 10.8. The summed E-state index contributed by atoms with van der Waals surface area (Å²) in [4.78, 5) is 14.1. The zero-order valence-electron chi connectivity index (χ0n) is 10.8. The molecule has 1 aliphatic rings. The van der Waals surface area contributed by atoms with Crippen LogP contribution in [0.4, 0.5) is 10.1 Å². The summed E-state index contributed by atoms with van der Waals surface area (Å²) in [5.41, 5.74) is 6.11. The van der Waals surface area contributed by atoms with Crippen molar-refractivity contribution in [2.24, 2.45) is 5.92 Å². The van der Waals surface area contributed by atoms with Crippen LogP contribution in [-0.4, -0.2) is 23.4 Å². The van der Waals surface area contributed by atoms with Gasteiger partial charge in [-0.05, 0) is 43.9 Å². The molecule has 3 nitrogen and oxygen atoms in total. The molecule has 1 heterocycles.